The molecule has 0 saturated heterocycles. The van der Waals surface area contributed by atoms with Gasteiger partial charge in [0.05, 0.1) is 18.2 Å². The number of carbonyl (C=O) groups is 1. The largest absolute Gasteiger partial charge is 0.506 e. The van der Waals surface area contributed by atoms with Crippen molar-refractivity contribution >= 4 is 16.7 Å². The van der Waals surface area contributed by atoms with Crippen LogP contribution in [0.5, 0.6) is 5.75 Å². The lowest BCUT2D eigenvalue weighted by Crippen LogP contribution is -2.43. The van der Waals surface area contributed by atoms with Crippen molar-refractivity contribution in [3.8, 4) is 5.75 Å². The topological polar surface area (TPSA) is 84.6 Å². The molecule has 5 nitrogen and oxygen atoms in total. The number of amides is 1. The number of carbonyl (C=O) groups excluding carboxylic acids is 1. The number of benzene rings is 2. The number of phenols is 1. The maximum Gasteiger partial charge on any atom is 0.255 e. The highest BCUT2D eigenvalue weighted by Gasteiger charge is 2.16. The number of hydrogen-bond donors (Lipinski definition) is 3. The Hall–Kier alpha value is -2.11. The first-order chi connectivity index (χ1) is 9.67. The minimum absolute atomic E-state index is 0.0196. The van der Waals surface area contributed by atoms with E-state index in [1.54, 1.807) is 25.3 Å². The zero-order valence-corrected chi connectivity index (χ0v) is 11.3. The number of nitrogens with two attached hydrogens (primary N) is 1. The van der Waals surface area contributed by atoms with Crippen molar-refractivity contribution in [1.82, 2.24) is 5.32 Å². The summed E-state index contributed by atoms with van der Waals surface area (Å²) in [6.07, 6.45) is 0. The van der Waals surface area contributed by atoms with Gasteiger partial charge in [0.15, 0.2) is 0 Å². The third kappa shape index (κ3) is 2.89. The van der Waals surface area contributed by atoms with E-state index in [0.717, 1.165) is 5.39 Å². The lowest BCUT2D eigenvalue weighted by Gasteiger charge is -2.16. The van der Waals surface area contributed by atoms with Gasteiger partial charge in [-0.15, -0.1) is 0 Å². The minimum atomic E-state index is -0.360. The van der Waals surface area contributed by atoms with Crippen LogP contribution in [0.15, 0.2) is 36.4 Å². The molecule has 2 rings (SSSR count). The molecular weight excluding hydrogens is 256 g/mol. The Kier molecular flexibility index (Phi) is 4.55. The fraction of sp³-hybridized carbons (Fsp3) is 0.267. The third-order valence-electron chi connectivity index (χ3n) is 3.13. The Balaban J connectivity index is 2.28. The van der Waals surface area contributed by atoms with Crippen LogP contribution in [0, 0.1) is 0 Å². The number of hydrogen-bond acceptors (Lipinski definition) is 4. The quantitative estimate of drug-likeness (QED) is 0.766. The molecule has 0 spiro atoms. The van der Waals surface area contributed by atoms with Crippen LogP contribution in [0.4, 0.5) is 0 Å². The first-order valence-corrected chi connectivity index (χ1v) is 6.38. The van der Waals surface area contributed by atoms with Crippen LogP contribution in [-0.4, -0.2) is 37.3 Å². The van der Waals surface area contributed by atoms with Crippen molar-refractivity contribution in [1.29, 1.82) is 0 Å². The van der Waals surface area contributed by atoms with Gasteiger partial charge in [0, 0.05) is 19.0 Å². The summed E-state index contributed by atoms with van der Waals surface area (Å²) < 4.78 is 4.97. The second-order valence-electron chi connectivity index (χ2n) is 4.54. The summed E-state index contributed by atoms with van der Waals surface area (Å²) in [5, 5.41) is 14.5. The van der Waals surface area contributed by atoms with Gasteiger partial charge in [-0.1, -0.05) is 30.3 Å². The molecular formula is C15H18N2O3. The van der Waals surface area contributed by atoms with Crippen LogP contribution in [0.2, 0.25) is 0 Å². The lowest BCUT2D eigenvalue weighted by molar-refractivity contribution is 0.0898. The molecule has 4 N–H and O–H groups in total. The standard InChI is InChI=1S/C15H18N2O3/c1-20-9-11(8-16)17-15(19)13-7-6-10-4-2-3-5-12(10)14(13)18/h2-7,11,18H,8-9,16H2,1H3,(H,17,19). The summed E-state index contributed by atoms with van der Waals surface area (Å²) in [5.41, 5.74) is 5.79. The number of ether oxygens (including phenoxy) is 1. The van der Waals surface area contributed by atoms with E-state index in [0.29, 0.717) is 12.0 Å². The van der Waals surface area contributed by atoms with Crippen LogP contribution in [0.3, 0.4) is 0 Å². The molecule has 5 heteroatoms. The number of phenolic OH excluding ortho intramolecular Hbond substituents is 1. The molecule has 20 heavy (non-hydrogen) atoms. The Bertz CT molecular complexity index is 613. The number of rotatable bonds is 5. The van der Waals surface area contributed by atoms with Gasteiger partial charge in [0.1, 0.15) is 5.75 Å². The molecule has 0 aromatic heterocycles. The number of methoxy groups -OCH3 is 1. The number of nitrogens with one attached hydrogen (secondary N) is 1. The van der Waals surface area contributed by atoms with Crippen molar-refractivity contribution in [3.63, 3.8) is 0 Å². The molecule has 1 atom stereocenters. The molecule has 0 bridgehead atoms. The first kappa shape index (κ1) is 14.3. The summed E-state index contributed by atoms with van der Waals surface area (Å²) in [7, 11) is 1.54. The highest BCUT2D eigenvalue weighted by molar-refractivity contribution is 6.03. The SMILES string of the molecule is COCC(CN)NC(=O)c1ccc2ccccc2c1O. The minimum Gasteiger partial charge on any atom is -0.506 e. The molecule has 106 valence electrons. The highest BCUT2D eigenvalue weighted by atomic mass is 16.5. The van der Waals surface area contributed by atoms with Crippen molar-refractivity contribution in [3.05, 3.63) is 42.0 Å². The van der Waals surface area contributed by atoms with Gasteiger partial charge < -0.3 is 20.9 Å². The summed E-state index contributed by atoms with van der Waals surface area (Å²) in [6, 6.07) is 10.5. The van der Waals surface area contributed by atoms with Gasteiger partial charge >= 0.3 is 0 Å². The lowest BCUT2D eigenvalue weighted by atomic mass is 10.0. The average molecular weight is 274 g/mol. The van der Waals surface area contributed by atoms with E-state index in [-0.39, 0.29) is 29.8 Å². The smallest absolute Gasteiger partial charge is 0.255 e. The number of fused-ring (bicyclic) bond motifs is 1. The van der Waals surface area contributed by atoms with E-state index in [4.69, 9.17) is 10.5 Å². The molecule has 0 aliphatic heterocycles. The second-order valence-corrected chi connectivity index (χ2v) is 4.54. The fourth-order valence-corrected chi connectivity index (χ4v) is 2.07. The summed E-state index contributed by atoms with van der Waals surface area (Å²) in [6.45, 7) is 0.602. The van der Waals surface area contributed by atoms with Gasteiger partial charge in [-0.25, -0.2) is 0 Å². The fourth-order valence-electron chi connectivity index (χ4n) is 2.07. The molecule has 1 amide bonds. The molecule has 0 radical (unpaired) electrons. The van der Waals surface area contributed by atoms with Crippen LogP contribution in [-0.2, 0) is 4.74 Å². The Labute approximate surface area is 117 Å². The van der Waals surface area contributed by atoms with E-state index < -0.39 is 0 Å². The normalized spacial score (nSPS) is 12.3. The zero-order valence-electron chi connectivity index (χ0n) is 11.3. The van der Waals surface area contributed by atoms with Crippen LogP contribution in [0.25, 0.3) is 10.8 Å². The van der Waals surface area contributed by atoms with E-state index in [9.17, 15) is 9.90 Å². The van der Waals surface area contributed by atoms with E-state index >= 15 is 0 Å². The first-order valence-electron chi connectivity index (χ1n) is 6.38. The predicted molar refractivity (Wildman–Crippen MR) is 77.8 cm³/mol. The molecule has 0 heterocycles. The summed E-state index contributed by atoms with van der Waals surface area (Å²) in [4.78, 5) is 12.2. The van der Waals surface area contributed by atoms with Crippen molar-refractivity contribution in [2.24, 2.45) is 5.73 Å². The molecule has 2 aromatic rings. The Morgan fingerprint density at radius 3 is 2.80 bits per heavy atom. The molecule has 0 aliphatic rings. The maximum atomic E-state index is 12.2. The summed E-state index contributed by atoms with van der Waals surface area (Å²) >= 11 is 0. The zero-order chi connectivity index (χ0) is 14.5. The van der Waals surface area contributed by atoms with Crippen molar-refractivity contribution < 1.29 is 14.6 Å². The third-order valence-corrected chi connectivity index (χ3v) is 3.13. The van der Waals surface area contributed by atoms with Gasteiger partial charge in [-0.05, 0) is 11.5 Å². The molecule has 2 aromatic carbocycles. The molecule has 0 aliphatic carbocycles. The van der Waals surface area contributed by atoms with Crippen molar-refractivity contribution in [2.75, 3.05) is 20.3 Å². The Morgan fingerprint density at radius 2 is 2.10 bits per heavy atom. The second kappa shape index (κ2) is 6.36. The molecule has 1 unspecified atom stereocenters. The summed E-state index contributed by atoms with van der Waals surface area (Å²) in [5.74, 6) is -0.380. The van der Waals surface area contributed by atoms with Gasteiger partial charge in [-0.3, -0.25) is 4.79 Å². The monoisotopic (exact) mass is 274 g/mol. The molecule has 0 fully saturated rings. The maximum absolute atomic E-state index is 12.2. The van der Waals surface area contributed by atoms with Gasteiger partial charge in [0.2, 0.25) is 0 Å². The highest BCUT2D eigenvalue weighted by Crippen LogP contribution is 2.28. The average Bonchev–Trinajstić information content (AvgIpc) is 2.47. The predicted octanol–water partition coefficient (Wildman–Crippen LogP) is 1.25. The number of aromatic hydroxyl groups is 1. The van der Waals surface area contributed by atoms with Gasteiger partial charge in [-0.2, -0.15) is 0 Å². The van der Waals surface area contributed by atoms with Gasteiger partial charge in [0.25, 0.3) is 5.91 Å². The van der Waals surface area contributed by atoms with E-state index in [1.807, 2.05) is 18.2 Å². The van der Waals surface area contributed by atoms with Crippen LogP contribution >= 0.6 is 0 Å². The van der Waals surface area contributed by atoms with Crippen LogP contribution < -0.4 is 11.1 Å². The molecule has 0 saturated carbocycles. The van der Waals surface area contributed by atoms with E-state index in [2.05, 4.69) is 5.32 Å². The van der Waals surface area contributed by atoms with Crippen molar-refractivity contribution in [2.45, 2.75) is 6.04 Å². The van der Waals surface area contributed by atoms with Crippen LogP contribution in [0.1, 0.15) is 10.4 Å². The Morgan fingerprint density at radius 1 is 1.35 bits per heavy atom. The van der Waals surface area contributed by atoms with E-state index in [1.165, 1.54) is 0 Å².